The van der Waals surface area contributed by atoms with Gasteiger partial charge in [0.2, 0.25) is 5.91 Å². The van der Waals surface area contributed by atoms with E-state index in [4.69, 9.17) is 16.3 Å². The first-order valence-electron chi connectivity index (χ1n) is 7.97. The van der Waals surface area contributed by atoms with Crippen LogP contribution in [0, 0.1) is 0 Å². The number of hydrogen-bond donors (Lipinski definition) is 2. The number of nitrogens with one attached hydrogen (secondary N) is 2. The van der Waals surface area contributed by atoms with Crippen molar-refractivity contribution >= 4 is 51.2 Å². The second-order valence-corrected chi connectivity index (χ2v) is 7.91. The summed E-state index contributed by atoms with van der Waals surface area (Å²) in [6.45, 7) is 1.82. The number of benzene rings is 1. The van der Waals surface area contributed by atoms with Crippen LogP contribution in [0.15, 0.2) is 41.8 Å². The molecule has 2 aromatic heterocycles. The maximum Gasteiger partial charge on any atom is 0.264 e. The number of amides is 2. The molecule has 0 spiro atoms. The third kappa shape index (κ3) is 5.53. The molecule has 0 atom stereocenters. The normalized spacial score (nSPS) is 10.4. The van der Waals surface area contributed by atoms with Crippen molar-refractivity contribution in [2.75, 3.05) is 11.9 Å². The second kappa shape index (κ2) is 8.98. The second-order valence-electron chi connectivity index (χ2n) is 5.48. The van der Waals surface area contributed by atoms with E-state index in [-0.39, 0.29) is 18.4 Å². The predicted octanol–water partition coefficient (Wildman–Crippen LogP) is 4.18. The van der Waals surface area contributed by atoms with Gasteiger partial charge in [0.15, 0.2) is 11.7 Å². The highest BCUT2D eigenvalue weighted by molar-refractivity contribution is 7.17. The van der Waals surface area contributed by atoms with Crippen LogP contribution in [-0.4, -0.2) is 23.4 Å². The van der Waals surface area contributed by atoms with Gasteiger partial charge in [0.1, 0.15) is 5.75 Å². The Morgan fingerprint density at radius 3 is 2.81 bits per heavy atom. The number of thiophene rings is 1. The Morgan fingerprint density at radius 2 is 2.04 bits per heavy atom. The number of para-hydroxylation sites is 1. The van der Waals surface area contributed by atoms with E-state index in [1.54, 1.807) is 35.6 Å². The zero-order chi connectivity index (χ0) is 19.2. The van der Waals surface area contributed by atoms with E-state index < -0.39 is 0 Å². The Kier molecular flexibility index (Phi) is 6.44. The molecule has 0 aliphatic rings. The molecule has 0 aliphatic heterocycles. The lowest BCUT2D eigenvalue weighted by Crippen LogP contribution is -2.20. The average Bonchev–Trinajstić information content (AvgIpc) is 3.28. The lowest BCUT2D eigenvalue weighted by Gasteiger charge is -2.06. The minimum Gasteiger partial charge on any atom is -0.482 e. The van der Waals surface area contributed by atoms with E-state index >= 15 is 0 Å². The SMILES string of the molecule is CC(=O)NCc1ccc(-c2csc(NC(=O)COc3ccccc3Cl)n2)s1. The van der Waals surface area contributed by atoms with Crippen LogP contribution in [0.1, 0.15) is 11.8 Å². The first-order valence-corrected chi connectivity index (χ1v) is 10.0. The summed E-state index contributed by atoms with van der Waals surface area (Å²) in [6.07, 6.45) is 0. The van der Waals surface area contributed by atoms with Crippen LogP contribution in [0.25, 0.3) is 10.6 Å². The van der Waals surface area contributed by atoms with Crippen molar-refractivity contribution < 1.29 is 14.3 Å². The zero-order valence-electron chi connectivity index (χ0n) is 14.3. The molecule has 1 aromatic carbocycles. The number of ether oxygens (including phenoxy) is 1. The molecule has 9 heteroatoms. The summed E-state index contributed by atoms with van der Waals surface area (Å²) in [5, 5.41) is 8.30. The first-order chi connectivity index (χ1) is 13.0. The van der Waals surface area contributed by atoms with Gasteiger partial charge in [-0.05, 0) is 24.3 Å². The van der Waals surface area contributed by atoms with Crippen molar-refractivity contribution in [3.05, 3.63) is 51.7 Å². The molecule has 0 saturated carbocycles. The van der Waals surface area contributed by atoms with Gasteiger partial charge >= 0.3 is 0 Å². The summed E-state index contributed by atoms with van der Waals surface area (Å²) in [7, 11) is 0. The first kappa shape index (κ1) is 19.3. The van der Waals surface area contributed by atoms with Gasteiger partial charge < -0.3 is 10.1 Å². The molecule has 2 N–H and O–H groups in total. The zero-order valence-corrected chi connectivity index (χ0v) is 16.7. The van der Waals surface area contributed by atoms with Crippen LogP contribution in [0.4, 0.5) is 5.13 Å². The minimum absolute atomic E-state index is 0.0670. The topological polar surface area (TPSA) is 80.3 Å². The number of thiazole rings is 1. The Hall–Kier alpha value is -2.42. The Morgan fingerprint density at radius 1 is 1.22 bits per heavy atom. The standard InChI is InChI=1S/C18H16ClN3O3S2/c1-11(23)20-8-12-6-7-16(27-12)14-10-26-18(21-14)22-17(24)9-25-15-5-3-2-4-13(15)19/h2-7,10H,8-9H2,1H3,(H,20,23)(H,21,22,24). The molecule has 0 aliphatic carbocycles. The Labute approximate surface area is 169 Å². The Bertz CT molecular complexity index is 955. The van der Waals surface area contributed by atoms with E-state index in [0.29, 0.717) is 22.4 Å². The molecule has 2 heterocycles. The van der Waals surface area contributed by atoms with Gasteiger partial charge in [-0.1, -0.05) is 23.7 Å². The van der Waals surface area contributed by atoms with Gasteiger partial charge in [0, 0.05) is 17.2 Å². The largest absolute Gasteiger partial charge is 0.482 e. The summed E-state index contributed by atoms with van der Waals surface area (Å²) in [5.41, 5.74) is 0.779. The molecule has 0 radical (unpaired) electrons. The van der Waals surface area contributed by atoms with Crippen LogP contribution in [0.2, 0.25) is 5.02 Å². The van der Waals surface area contributed by atoms with E-state index in [0.717, 1.165) is 15.4 Å². The summed E-state index contributed by atoms with van der Waals surface area (Å²) in [4.78, 5) is 29.5. The number of anilines is 1. The number of aromatic nitrogens is 1. The van der Waals surface area contributed by atoms with Crippen molar-refractivity contribution in [2.24, 2.45) is 0 Å². The molecule has 2 amide bonds. The van der Waals surface area contributed by atoms with E-state index in [1.165, 1.54) is 18.3 Å². The maximum absolute atomic E-state index is 12.0. The van der Waals surface area contributed by atoms with Crippen LogP contribution < -0.4 is 15.4 Å². The summed E-state index contributed by atoms with van der Waals surface area (Å²) >= 11 is 8.88. The van der Waals surface area contributed by atoms with E-state index in [1.807, 2.05) is 17.5 Å². The van der Waals surface area contributed by atoms with Crippen molar-refractivity contribution in [2.45, 2.75) is 13.5 Å². The van der Waals surface area contributed by atoms with Gasteiger partial charge in [-0.3, -0.25) is 14.9 Å². The number of hydrogen-bond acceptors (Lipinski definition) is 6. The molecule has 3 rings (SSSR count). The molecular weight excluding hydrogens is 406 g/mol. The van der Waals surface area contributed by atoms with Gasteiger partial charge in [-0.25, -0.2) is 4.98 Å². The molecule has 3 aromatic rings. The molecule has 0 fully saturated rings. The van der Waals surface area contributed by atoms with Gasteiger partial charge in [0.25, 0.3) is 5.91 Å². The maximum atomic E-state index is 12.0. The van der Waals surface area contributed by atoms with Crippen molar-refractivity contribution in [3.63, 3.8) is 0 Å². The summed E-state index contributed by atoms with van der Waals surface area (Å²) in [5.74, 6) is 0.0791. The lowest BCUT2D eigenvalue weighted by atomic mass is 10.3. The van der Waals surface area contributed by atoms with Crippen LogP contribution in [0.3, 0.4) is 0 Å². The van der Waals surface area contributed by atoms with Crippen molar-refractivity contribution in [1.82, 2.24) is 10.3 Å². The van der Waals surface area contributed by atoms with E-state index in [2.05, 4.69) is 15.6 Å². The molecule has 140 valence electrons. The molecule has 6 nitrogen and oxygen atoms in total. The molecule has 27 heavy (non-hydrogen) atoms. The average molecular weight is 422 g/mol. The van der Waals surface area contributed by atoms with Crippen LogP contribution in [0.5, 0.6) is 5.75 Å². The highest BCUT2D eigenvalue weighted by Gasteiger charge is 2.11. The molecule has 0 unspecified atom stereocenters. The highest BCUT2D eigenvalue weighted by atomic mass is 35.5. The number of nitrogens with zero attached hydrogens (tertiary/aromatic N) is 1. The van der Waals surface area contributed by atoms with Crippen LogP contribution in [-0.2, 0) is 16.1 Å². The molecule has 0 saturated heterocycles. The quantitative estimate of drug-likeness (QED) is 0.599. The predicted molar refractivity (Wildman–Crippen MR) is 109 cm³/mol. The summed E-state index contributed by atoms with van der Waals surface area (Å²) in [6, 6.07) is 10.9. The summed E-state index contributed by atoms with van der Waals surface area (Å²) < 4.78 is 5.41. The fourth-order valence-electron chi connectivity index (χ4n) is 2.13. The number of rotatable bonds is 7. The number of carbonyl (C=O) groups is 2. The lowest BCUT2D eigenvalue weighted by molar-refractivity contribution is -0.119. The monoisotopic (exact) mass is 421 g/mol. The fraction of sp³-hybridized carbons (Fsp3) is 0.167. The van der Waals surface area contributed by atoms with Crippen LogP contribution >= 0.6 is 34.3 Å². The molecule has 0 bridgehead atoms. The fourth-order valence-corrected chi connectivity index (χ4v) is 4.03. The molecular formula is C18H16ClN3O3S2. The van der Waals surface area contributed by atoms with Gasteiger partial charge in [-0.2, -0.15) is 0 Å². The third-order valence-electron chi connectivity index (χ3n) is 3.37. The van der Waals surface area contributed by atoms with Gasteiger partial charge in [0.05, 0.1) is 22.1 Å². The van der Waals surface area contributed by atoms with Crippen molar-refractivity contribution in [3.8, 4) is 16.3 Å². The number of halogens is 1. The number of carbonyl (C=O) groups excluding carboxylic acids is 2. The third-order valence-corrected chi connectivity index (χ3v) is 5.55. The smallest absolute Gasteiger partial charge is 0.264 e. The van der Waals surface area contributed by atoms with Gasteiger partial charge in [-0.15, -0.1) is 22.7 Å². The highest BCUT2D eigenvalue weighted by Crippen LogP contribution is 2.31. The van der Waals surface area contributed by atoms with E-state index in [9.17, 15) is 9.59 Å². The van der Waals surface area contributed by atoms with Crippen molar-refractivity contribution in [1.29, 1.82) is 0 Å². The minimum atomic E-state index is -0.312. The Balaban J connectivity index is 1.55.